The van der Waals surface area contributed by atoms with Gasteiger partial charge in [-0.1, -0.05) is 19.9 Å². The second-order valence-corrected chi connectivity index (χ2v) is 4.87. The number of fused-ring (bicyclic) bond motifs is 1. The predicted molar refractivity (Wildman–Crippen MR) is 69.1 cm³/mol. The number of anilines is 1. The van der Waals surface area contributed by atoms with E-state index in [1.807, 2.05) is 0 Å². The van der Waals surface area contributed by atoms with E-state index in [-0.39, 0.29) is 0 Å². The molecule has 0 spiro atoms. The van der Waals surface area contributed by atoms with E-state index >= 15 is 0 Å². The molecule has 1 aliphatic heterocycles. The lowest BCUT2D eigenvalue weighted by molar-refractivity contribution is 0.118. The van der Waals surface area contributed by atoms with Crippen molar-refractivity contribution in [2.75, 3.05) is 25.1 Å². The van der Waals surface area contributed by atoms with Crippen molar-refractivity contribution in [2.45, 2.75) is 27.1 Å². The standard InChI is InChI=1S/C14H21NO2/c1-11(2)8-16-6-5-15-14-4-3-12-9-17-10-13(12)7-14/h3-4,7,11,15H,5-6,8-10H2,1-2H3. The molecule has 2 rings (SSSR count). The van der Waals surface area contributed by atoms with Crippen LogP contribution in [0, 0.1) is 5.92 Å². The van der Waals surface area contributed by atoms with Crippen molar-refractivity contribution in [3.8, 4) is 0 Å². The molecule has 0 aliphatic carbocycles. The second-order valence-electron chi connectivity index (χ2n) is 4.87. The van der Waals surface area contributed by atoms with E-state index in [0.717, 1.165) is 38.7 Å². The molecule has 94 valence electrons. The van der Waals surface area contributed by atoms with Crippen molar-refractivity contribution in [3.63, 3.8) is 0 Å². The summed E-state index contributed by atoms with van der Waals surface area (Å²) in [7, 11) is 0. The lowest BCUT2D eigenvalue weighted by Gasteiger charge is -2.09. The highest BCUT2D eigenvalue weighted by Gasteiger charge is 2.10. The first-order chi connectivity index (χ1) is 8.25. The molecule has 3 heteroatoms. The number of benzene rings is 1. The Bertz CT molecular complexity index is 363. The third-order valence-corrected chi connectivity index (χ3v) is 2.75. The molecule has 1 N–H and O–H groups in total. The highest BCUT2D eigenvalue weighted by molar-refractivity contribution is 5.49. The summed E-state index contributed by atoms with van der Waals surface area (Å²) in [5.41, 5.74) is 3.77. The third kappa shape index (κ3) is 3.72. The first kappa shape index (κ1) is 12.4. The first-order valence-corrected chi connectivity index (χ1v) is 6.27. The summed E-state index contributed by atoms with van der Waals surface area (Å²) in [6.45, 7) is 8.27. The topological polar surface area (TPSA) is 30.5 Å². The molecule has 0 bridgehead atoms. The zero-order valence-electron chi connectivity index (χ0n) is 10.7. The molecule has 0 saturated heterocycles. The lowest BCUT2D eigenvalue weighted by Crippen LogP contribution is -2.12. The smallest absolute Gasteiger partial charge is 0.0725 e. The molecular weight excluding hydrogens is 214 g/mol. The third-order valence-electron chi connectivity index (χ3n) is 2.75. The van der Waals surface area contributed by atoms with Crippen LogP contribution in [0.25, 0.3) is 0 Å². The fraction of sp³-hybridized carbons (Fsp3) is 0.571. The Morgan fingerprint density at radius 1 is 1.29 bits per heavy atom. The molecule has 0 unspecified atom stereocenters. The minimum absolute atomic E-state index is 0.604. The van der Waals surface area contributed by atoms with Crippen LogP contribution in [0.1, 0.15) is 25.0 Å². The van der Waals surface area contributed by atoms with Crippen molar-refractivity contribution >= 4 is 5.69 Å². The van der Waals surface area contributed by atoms with Crippen molar-refractivity contribution in [1.29, 1.82) is 0 Å². The molecular formula is C14H21NO2. The van der Waals surface area contributed by atoms with Gasteiger partial charge in [-0.3, -0.25) is 0 Å². The second kappa shape index (κ2) is 6.03. The summed E-state index contributed by atoms with van der Waals surface area (Å²) >= 11 is 0. The van der Waals surface area contributed by atoms with Gasteiger partial charge in [0.05, 0.1) is 19.8 Å². The Labute approximate surface area is 103 Å². The molecule has 0 atom stereocenters. The average molecular weight is 235 g/mol. The molecule has 1 heterocycles. The van der Waals surface area contributed by atoms with Crippen molar-refractivity contribution < 1.29 is 9.47 Å². The van der Waals surface area contributed by atoms with Crippen molar-refractivity contribution in [3.05, 3.63) is 29.3 Å². The van der Waals surface area contributed by atoms with Gasteiger partial charge < -0.3 is 14.8 Å². The van der Waals surface area contributed by atoms with Crippen molar-refractivity contribution in [1.82, 2.24) is 0 Å². The summed E-state index contributed by atoms with van der Waals surface area (Å²) in [5.74, 6) is 0.604. The zero-order valence-corrected chi connectivity index (χ0v) is 10.7. The van der Waals surface area contributed by atoms with Gasteiger partial charge in [0, 0.05) is 18.8 Å². The fourth-order valence-electron chi connectivity index (χ4n) is 1.87. The van der Waals surface area contributed by atoms with Crippen LogP contribution in [0.3, 0.4) is 0 Å². The maximum Gasteiger partial charge on any atom is 0.0725 e. The van der Waals surface area contributed by atoms with Crippen LogP contribution < -0.4 is 5.32 Å². The molecule has 1 aromatic carbocycles. The molecule has 17 heavy (non-hydrogen) atoms. The Balaban J connectivity index is 1.72. The van der Waals surface area contributed by atoms with E-state index in [1.165, 1.54) is 11.1 Å². The van der Waals surface area contributed by atoms with E-state index in [4.69, 9.17) is 9.47 Å². The average Bonchev–Trinajstić information content (AvgIpc) is 2.75. The number of hydrogen-bond acceptors (Lipinski definition) is 3. The highest BCUT2D eigenvalue weighted by atomic mass is 16.5. The molecule has 0 saturated carbocycles. The van der Waals surface area contributed by atoms with Crippen LogP contribution in [0.15, 0.2) is 18.2 Å². The zero-order chi connectivity index (χ0) is 12.1. The largest absolute Gasteiger partial charge is 0.383 e. The van der Waals surface area contributed by atoms with Crippen LogP contribution in [0.5, 0.6) is 0 Å². The van der Waals surface area contributed by atoms with Gasteiger partial charge in [0.25, 0.3) is 0 Å². The normalized spacial score (nSPS) is 14.1. The van der Waals surface area contributed by atoms with Crippen LogP contribution in [-0.4, -0.2) is 19.8 Å². The van der Waals surface area contributed by atoms with Crippen molar-refractivity contribution in [2.24, 2.45) is 5.92 Å². The minimum atomic E-state index is 0.604. The van der Waals surface area contributed by atoms with E-state index in [0.29, 0.717) is 5.92 Å². The molecule has 0 radical (unpaired) electrons. The fourth-order valence-corrected chi connectivity index (χ4v) is 1.87. The van der Waals surface area contributed by atoms with E-state index in [1.54, 1.807) is 0 Å². The summed E-state index contributed by atoms with van der Waals surface area (Å²) in [6, 6.07) is 6.42. The summed E-state index contributed by atoms with van der Waals surface area (Å²) in [5, 5.41) is 3.37. The maximum atomic E-state index is 5.52. The van der Waals surface area contributed by atoms with E-state index in [2.05, 4.69) is 37.4 Å². The molecule has 3 nitrogen and oxygen atoms in total. The number of hydrogen-bond donors (Lipinski definition) is 1. The van der Waals surface area contributed by atoms with Gasteiger partial charge in [-0.15, -0.1) is 0 Å². The molecule has 0 aromatic heterocycles. The SMILES string of the molecule is CC(C)COCCNc1ccc2c(c1)COC2. The van der Waals surface area contributed by atoms with Gasteiger partial charge in [0.2, 0.25) is 0 Å². The van der Waals surface area contributed by atoms with Crippen LogP contribution in [0.2, 0.25) is 0 Å². The van der Waals surface area contributed by atoms with Crippen LogP contribution in [0.4, 0.5) is 5.69 Å². The minimum Gasteiger partial charge on any atom is -0.383 e. The Kier molecular flexibility index (Phi) is 4.40. The van der Waals surface area contributed by atoms with Gasteiger partial charge in [-0.05, 0) is 29.2 Å². The quantitative estimate of drug-likeness (QED) is 0.769. The number of ether oxygens (including phenoxy) is 2. The Hall–Kier alpha value is -1.06. The van der Waals surface area contributed by atoms with Crippen LogP contribution in [-0.2, 0) is 22.7 Å². The highest BCUT2D eigenvalue weighted by Crippen LogP contribution is 2.22. The van der Waals surface area contributed by atoms with Crippen LogP contribution >= 0.6 is 0 Å². The summed E-state index contributed by atoms with van der Waals surface area (Å²) in [4.78, 5) is 0. The number of rotatable bonds is 6. The lowest BCUT2D eigenvalue weighted by atomic mass is 10.1. The van der Waals surface area contributed by atoms with Gasteiger partial charge in [0.15, 0.2) is 0 Å². The summed E-state index contributed by atoms with van der Waals surface area (Å²) in [6.07, 6.45) is 0. The van der Waals surface area contributed by atoms with Gasteiger partial charge in [0.1, 0.15) is 0 Å². The van der Waals surface area contributed by atoms with Gasteiger partial charge in [-0.2, -0.15) is 0 Å². The van der Waals surface area contributed by atoms with Gasteiger partial charge in [-0.25, -0.2) is 0 Å². The van der Waals surface area contributed by atoms with Gasteiger partial charge >= 0.3 is 0 Å². The Morgan fingerprint density at radius 3 is 2.94 bits per heavy atom. The molecule has 1 aliphatic rings. The molecule has 1 aromatic rings. The maximum absolute atomic E-state index is 5.52. The number of nitrogens with one attached hydrogen (secondary N) is 1. The summed E-state index contributed by atoms with van der Waals surface area (Å²) < 4.78 is 10.9. The van der Waals surface area contributed by atoms with E-state index < -0.39 is 0 Å². The molecule has 0 fully saturated rings. The predicted octanol–water partition coefficient (Wildman–Crippen LogP) is 2.80. The monoisotopic (exact) mass is 235 g/mol. The first-order valence-electron chi connectivity index (χ1n) is 6.27. The Morgan fingerprint density at radius 2 is 2.12 bits per heavy atom. The molecule has 0 amide bonds. The van der Waals surface area contributed by atoms with E-state index in [9.17, 15) is 0 Å².